The van der Waals surface area contributed by atoms with Gasteiger partial charge in [-0.1, -0.05) is 0 Å². The zero-order chi connectivity index (χ0) is 15.1. The van der Waals surface area contributed by atoms with Crippen molar-refractivity contribution in [2.24, 2.45) is 0 Å². The monoisotopic (exact) mass is 299 g/mol. The topological polar surface area (TPSA) is 21.7 Å². The summed E-state index contributed by atoms with van der Waals surface area (Å²) in [6, 6.07) is -5.28. The molecule has 10 heteroatoms. The predicted octanol–water partition coefficient (Wildman–Crippen LogP) is 2.47. The van der Waals surface area contributed by atoms with Crippen molar-refractivity contribution in [3.63, 3.8) is 0 Å². The van der Waals surface area contributed by atoms with Gasteiger partial charge in [-0.05, 0) is 6.92 Å². The molecule has 0 spiro atoms. The SMILES string of the molecule is COC(F)(F)C(F)(F)C(F)(F)N1CC(C)OC(F)C1. The first-order valence-corrected chi connectivity index (χ1v) is 5.19. The highest BCUT2D eigenvalue weighted by molar-refractivity contribution is 4.93. The van der Waals surface area contributed by atoms with Gasteiger partial charge in [0.05, 0.1) is 12.6 Å². The molecule has 1 aliphatic heterocycles. The average Bonchev–Trinajstić information content (AvgIpc) is 2.27. The molecule has 1 fully saturated rings. The van der Waals surface area contributed by atoms with E-state index < -0.39 is 43.6 Å². The first kappa shape index (κ1) is 16.4. The lowest BCUT2D eigenvalue weighted by atomic mass is 10.2. The van der Waals surface area contributed by atoms with Crippen LogP contribution in [0.4, 0.5) is 30.7 Å². The van der Waals surface area contributed by atoms with Gasteiger partial charge in [-0.3, -0.25) is 0 Å². The summed E-state index contributed by atoms with van der Waals surface area (Å²) in [7, 11) is 0.171. The smallest absolute Gasteiger partial charge is 0.343 e. The van der Waals surface area contributed by atoms with E-state index in [-0.39, 0.29) is 12.0 Å². The Balaban J connectivity index is 3.02. The van der Waals surface area contributed by atoms with Crippen LogP contribution in [0, 0.1) is 0 Å². The number of halogens is 7. The first-order chi connectivity index (χ1) is 8.45. The van der Waals surface area contributed by atoms with Crippen molar-refractivity contribution < 1.29 is 40.2 Å². The third-order valence-corrected chi connectivity index (χ3v) is 2.62. The second-order valence-corrected chi connectivity index (χ2v) is 4.10. The van der Waals surface area contributed by atoms with E-state index in [2.05, 4.69) is 9.47 Å². The number of hydrogen-bond donors (Lipinski definition) is 0. The van der Waals surface area contributed by atoms with Crippen LogP contribution in [0.3, 0.4) is 0 Å². The van der Waals surface area contributed by atoms with Gasteiger partial charge < -0.3 is 9.47 Å². The molecule has 0 N–H and O–H groups in total. The van der Waals surface area contributed by atoms with Crippen molar-refractivity contribution in [1.29, 1.82) is 0 Å². The Labute approximate surface area is 104 Å². The summed E-state index contributed by atoms with van der Waals surface area (Å²) < 4.78 is 99.4. The lowest BCUT2D eigenvalue weighted by Gasteiger charge is -2.42. The van der Waals surface area contributed by atoms with Gasteiger partial charge >= 0.3 is 18.1 Å². The molecule has 0 radical (unpaired) electrons. The molecular formula is C9H12F7NO2. The van der Waals surface area contributed by atoms with Crippen LogP contribution in [-0.4, -0.2) is 55.6 Å². The van der Waals surface area contributed by atoms with E-state index in [9.17, 15) is 30.7 Å². The normalized spacial score (nSPS) is 27.6. The predicted molar refractivity (Wildman–Crippen MR) is 48.9 cm³/mol. The number of rotatable bonds is 4. The molecule has 0 aromatic rings. The van der Waals surface area contributed by atoms with E-state index in [1.807, 2.05) is 0 Å². The van der Waals surface area contributed by atoms with Crippen LogP contribution in [0.2, 0.25) is 0 Å². The third-order valence-electron chi connectivity index (χ3n) is 2.62. The van der Waals surface area contributed by atoms with E-state index in [4.69, 9.17) is 0 Å². The van der Waals surface area contributed by atoms with Crippen LogP contribution < -0.4 is 0 Å². The zero-order valence-corrected chi connectivity index (χ0v) is 9.98. The molecule has 2 unspecified atom stereocenters. The molecule has 1 saturated heterocycles. The summed E-state index contributed by atoms with van der Waals surface area (Å²) in [6.45, 7) is -0.906. The number of nitrogens with zero attached hydrogens (tertiary/aromatic N) is 1. The number of morpholine rings is 1. The van der Waals surface area contributed by atoms with Crippen LogP contribution in [-0.2, 0) is 9.47 Å². The molecule has 0 aliphatic carbocycles. The van der Waals surface area contributed by atoms with Gasteiger partial charge in [-0.15, -0.1) is 0 Å². The molecule has 0 amide bonds. The highest BCUT2D eigenvalue weighted by Gasteiger charge is 2.75. The fourth-order valence-electron chi connectivity index (χ4n) is 1.63. The maximum atomic E-state index is 13.5. The Hall–Kier alpha value is -0.610. The Morgan fingerprint density at radius 1 is 1.11 bits per heavy atom. The van der Waals surface area contributed by atoms with Crippen molar-refractivity contribution in [2.75, 3.05) is 20.2 Å². The summed E-state index contributed by atoms with van der Waals surface area (Å²) in [5.41, 5.74) is 0. The number of ether oxygens (including phenoxy) is 2. The van der Waals surface area contributed by atoms with Gasteiger partial charge in [0.1, 0.15) is 0 Å². The fraction of sp³-hybridized carbons (Fsp3) is 1.00. The minimum absolute atomic E-state index is 0.171. The van der Waals surface area contributed by atoms with Crippen molar-refractivity contribution in [2.45, 2.75) is 37.5 Å². The van der Waals surface area contributed by atoms with Crippen molar-refractivity contribution in [3.8, 4) is 0 Å². The molecule has 1 rings (SSSR count). The number of alkyl halides is 7. The standard InChI is InChI=1S/C9H12F7NO2/c1-5-3-17(4-6(10)19-5)8(13,14)7(11,12)9(15,16)18-2/h5-6H,3-4H2,1-2H3. The van der Waals surface area contributed by atoms with Crippen molar-refractivity contribution in [1.82, 2.24) is 4.90 Å². The number of hydrogen-bond acceptors (Lipinski definition) is 3. The minimum atomic E-state index is -5.81. The molecule has 1 aliphatic rings. The Bertz CT molecular complexity index is 316. The quantitative estimate of drug-likeness (QED) is 0.588. The van der Waals surface area contributed by atoms with E-state index in [1.165, 1.54) is 0 Å². The van der Waals surface area contributed by atoms with Crippen LogP contribution >= 0.6 is 0 Å². The first-order valence-electron chi connectivity index (χ1n) is 5.19. The van der Waals surface area contributed by atoms with Gasteiger partial charge in [0.15, 0.2) is 0 Å². The van der Waals surface area contributed by atoms with Crippen LogP contribution in [0.1, 0.15) is 6.92 Å². The fourth-order valence-corrected chi connectivity index (χ4v) is 1.63. The van der Waals surface area contributed by atoms with Gasteiger partial charge in [-0.25, -0.2) is 9.29 Å². The van der Waals surface area contributed by atoms with Gasteiger partial charge in [0.2, 0.25) is 6.36 Å². The summed E-state index contributed by atoms with van der Waals surface area (Å²) in [6.07, 6.45) is -8.78. The summed E-state index contributed by atoms with van der Waals surface area (Å²) in [5, 5.41) is 0. The van der Waals surface area contributed by atoms with Crippen molar-refractivity contribution >= 4 is 0 Å². The summed E-state index contributed by atoms with van der Waals surface area (Å²) >= 11 is 0. The Morgan fingerprint density at radius 3 is 2.05 bits per heavy atom. The lowest BCUT2D eigenvalue weighted by Crippen LogP contribution is -2.66. The van der Waals surface area contributed by atoms with Crippen molar-refractivity contribution in [3.05, 3.63) is 0 Å². The molecule has 19 heavy (non-hydrogen) atoms. The second-order valence-electron chi connectivity index (χ2n) is 4.10. The molecule has 0 aromatic carbocycles. The minimum Gasteiger partial charge on any atom is -0.343 e. The molecule has 114 valence electrons. The van der Waals surface area contributed by atoms with E-state index in [0.717, 1.165) is 6.92 Å². The summed E-state index contributed by atoms with van der Waals surface area (Å²) in [4.78, 5) is -0.376. The van der Waals surface area contributed by atoms with Crippen LogP contribution in [0.15, 0.2) is 0 Å². The Kier molecular flexibility index (Phi) is 4.38. The van der Waals surface area contributed by atoms with E-state index >= 15 is 0 Å². The highest BCUT2D eigenvalue weighted by atomic mass is 19.4. The maximum absolute atomic E-state index is 13.5. The van der Waals surface area contributed by atoms with Gasteiger partial charge in [0.25, 0.3) is 0 Å². The molecule has 0 aromatic heterocycles. The van der Waals surface area contributed by atoms with Crippen LogP contribution in [0.25, 0.3) is 0 Å². The molecule has 2 atom stereocenters. The number of methoxy groups -OCH3 is 1. The second kappa shape index (κ2) is 5.06. The maximum Gasteiger partial charge on any atom is 0.427 e. The van der Waals surface area contributed by atoms with E-state index in [0.29, 0.717) is 0 Å². The molecule has 3 nitrogen and oxygen atoms in total. The molecule has 0 bridgehead atoms. The highest BCUT2D eigenvalue weighted by Crippen LogP contribution is 2.48. The van der Waals surface area contributed by atoms with Gasteiger partial charge in [0, 0.05) is 13.7 Å². The van der Waals surface area contributed by atoms with E-state index in [1.54, 1.807) is 0 Å². The van der Waals surface area contributed by atoms with Gasteiger partial charge in [-0.2, -0.15) is 26.3 Å². The average molecular weight is 299 g/mol. The summed E-state index contributed by atoms with van der Waals surface area (Å²) in [5.74, 6) is -5.81. The largest absolute Gasteiger partial charge is 0.427 e. The Morgan fingerprint density at radius 2 is 1.63 bits per heavy atom. The lowest BCUT2D eigenvalue weighted by molar-refractivity contribution is -0.423. The van der Waals surface area contributed by atoms with Crippen LogP contribution in [0.5, 0.6) is 0 Å². The third kappa shape index (κ3) is 2.79. The molecular weight excluding hydrogens is 287 g/mol. The molecule has 0 saturated carbocycles. The molecule has 1 heterocycles. The zero-order valence-electron chi connectivity index (χ0n) is 9.98.